The summed E-state index contributed by atoms with van der Waals surface area (Å²) in [4.78, 5) is 41.6. The largest absolute Gasteiger partial charge is 0.465 e. The summed E-state index contributed by atoms with van der Waals surface area (Å²) in [6.45, 7) is 6.65. The van der Waals surface area contributed by atoms with E-state index in [0.717, 1.165) is 9.47 Å². The Labute approximate surface area is 194 Å². The molecule has 0 aliphatic carbocycles. The molecule has 0 aromatic carbocycles. The first-order valence-corrected chi connectivity index (χ1v) is 10.9. The topological polar surface area (TPSA) is 121 Å². The summed E-state index contributed by atoms with van der Waals surface area (Å²) in [5, 5.41) is 16.7. The highest BCUT2D eigenvalue weighted by atomic mass is 19.4. The van der Waals surface area contributed by atoms with Crippen molar-refractivity contribution in [2.75, 3.05) is 26.2 Å². The molecule has 3 heterocycles. The predicted octanol–water partition coefficient (Wildman–Crippen LogP) is 1.42. The van der Waals surface area contributed by atoms with Gasteiger partial charge in [-0.05, 0) is 27.7 Å². The average molecular weight is 490 g/mol. The van der Waals surface area contributed by atoms with Gasteiger partial charge in [0.2, 0.25) is 17.6 Å². The fourth-order valence-electron chi connectivity index (χ4n) is 4.34. The number of nitrogens with zero attached hydrogens (tertiary/aromatic N) is 6. The smallest absolute Gasteiger partial charge is 0.451 e. The second kappa shape index (κ2) is 9.39. The number of hydrogen-bond acceptors (Lipinski definition) is 6. The van der Waals surface area contributed by atoms with E-state index in [9.17, 15) is 32.7 Å². The first-order chi connectivity index (χ1) is 15.7. The number of halogens is 3. The molecule has 3 amide bonds. The molecule has 1 saturated heterocycles. The molecule has 2 atom stereocenters. The van der Waals surface area contributed by atoms with E-state index in [1.165, 1.54) is 9.80 Å². The lowest BCUT2D eigenvalue weighted by molar-refractivity contribution is -0.150. The Morgan fingerprint density at radius 1 is 1.24 bits per heavy atom. The third kappa shape index (κ3) is 5.59. The van der Waals surface area contributed by atoms with Crippen molar-refractivity contribution in [1.29, 1.82) is 0 Å². The van der Waals surface area contributed by atoms with Gasteiger partial charge in [0, 0.05) is 38.1 Å². The Bertz CT molecular complexity index is 944. The zero-order valence-corrected chi connectivity index (χ0v) is 19.5. The number of ether oxygens (including phenoxy) is 1. The lowest BCUT2D eigenvalue weighted by Gasteiger charge is -2.43. The summed E-state index contributed by atoms with van der Waals surface area (Å²) in [7, 11) is 0. The maximum Gasteiger partial charge on any atom is 0.451 e. The minimum atomic E-state index is -4.65. The van der Waals surface area contributed by atoms with Gasteiger partial charge in [-0.1, -0.05) is 0 Å². The van der Waals surface area contributed by atoms with Gasteiger partial charge in [-0.2, -0.15) is 13.2 Å². The summed E-state index contributed by atoms with van der Waals surface area (Å²) in [5.41, 5.74) is -0.874. The van der Waals surface area contributed by atoms with E-state index in [1.807, 2.05) is 0 Å². The lowest BCUT2D eigenvalue weighted by atomic mass is 10.00. The Kier molecular flexibility index (Phi) is 7.10. The molecule has 34 heavy (non-hydrogen) atoms. The zero-order chi connectivity index (χ0) is 25.4. The Morgan fingerprint density at radius 3 is 2.50 bits per heavy atom. The fourth-order valence-corrected chi connectivity index (χ4v) is 4.34. The van der Waals surface area contributed by atoms with Crippen molar-refractivity contribution in [3.05, 3.63) is 11.6 Å². The van der Waals surface area contributed by atoms with Crippen LogP contribution in [0.1, 0.15) is 45.8 Å². The molecule has 11 nitrogen and oxygen atoms in total. The maximum absolute atomic E-state index is 13.2. The first-order valence-electron chi connectivity index (χ1n) is 10.9. The Morgan fingerprint density at radius 2 is 1.91 bits per heavy atom. The molecule has 2 aliphatic rings. The molecule has 0 unspecified atom stereocenters. The van der Waals surface area contributed by atoms with Crippen molar-refractivity contribution in [2.45, 2.75) is 71.1 Å². The molecular formula is C20H29F3N6O5. The van der Waals surface area contributed by atoms with Crippen molar-refractivity contribution in [2.24, 2.45) is 0 Å². The van der Waals surface area contributed by atoms with Gasteiger partial charge in [0.05, 0.1) is 18.7 Å². The summed E-state index contributed by atoms with van der Waals surface area (Å²) in [6, 6.07) is -0.871. The average Bonchev–Trinajstić information content (AvgIpc) is 3.13. The zero-order valence-electron chi connectivity index (χ0n) is 19.5. The van der Waals surface area contributed by atoms with Crippen molar-refractivity contribution in [1.82, 2.24) is 29.5 Å². The number of aromatic nitrogens is 3. The molecule has 1 N–H and O–H groups in total. The third-order valence-electron chi connectivity index (χ3n) is 5.82. The van der Waals surface area contributed by atoms with E-state index in [-0.39, 0.29) is 63.6 Å². The van der Waals surface area contributed by atoms with Crippen LogP contribution < -0.4 is 0 Å². The van der Waals surface area contributed by atoms with Gasteiger partial charge in [-0.15, -0.1) is 10.2 Å². The minimum Gasteiger partial charge on any atom is -0.465 e. The van der Waals surface area contributed by atoms with Gasteiger partial charge in [0.1, 0.15) is 6.61 Å². The molecule has 0 saturated carbocycles. The van der Waals surface area contributed by atoms with Crippen molar-refractivity contribution in [3.63, 3.8) is 0 Å². The van der Waals surface area contributed by atoms with Crippen LogP contribution in [0.4, 0.5) is 18.0 Å². The van der Waals surface area contributed by atoms with Crippen LogP contribution in [0, 0.1) is 0 Å². The van der Waals surface area contributed by atoms with Crippen LogP contribution in [-0.2, 0) is 33.6 Å². The molecular weight excluding hydrogens is 461 g/mol. The normalized spacial score (nSPS) is 20.2. The molecule has 1 fully saturated rings. The molecule has 0 spiro atoms. The number of amides is 3. The van der Waals surface area contributed by atoms with Gasteiger partial charge in [0.25, 0.3) is 0 Å². The highest BCUT2D eigenvalue weighted by molar-refractivity contribution is 5.80. The highest BCUT2D eigenvalue weighted by Crippen LogP contribution is 2.30. The standard InChI is InChI=1S/C20H29F3N6O5/c1-12-8-27(16(31)11-34-12)9-13(29(18(32)33)19(2,3)4)7-15(30)26-5-6-28-14(10-26)24-25-17(28)20(21,22)23/h12-13H,5-11H2,1-4H3,(H,32,33)/t12-,13+/m1/s1. The van der Waals surface area contributed by atoms with Crippen molar-refractivity contribution >= 4 is 17.9 Å². The van der Waals surface area contributed by atoms with Crippen LogP contribution in [-0.4, -0.2) is 96.4 Å². The SMILES string of the molecule is C[C@@H]1CN(C[C@H](CC(=O)N2CCn3c(nnc3C(F)(F)F)C2)N(C(=O)O)C(C)(C)C)C(=O)CO1. The number of carboxylic acid groups (broad SMARTS) is 1. The highest BCUT2D eigenvalue weighted by Gasteiger charge is 2.41. The monoisotopic (exact) mass is 490 g/mol. The fraction of sp³-hybridized carbons (Fsp3) is 0.750. The summed E-state index contributed by atoms with van der Waals surface area (Å²) in [6.07, 6.45) is -6.38. The second-order valence-electron chi connectivity index (χ2n) is 9.51. The van der Waals surface area contributed by atoms with Gasteiger partial charge in [-0.3, -0.25) is 14.5 Å². The predicted molar refractivity (Wildman–Crippen MR) is 110 cm³/mol. The number of morpholine rings is 1. The quantitative estimate of drug-likeness (QED) is 0.663. The van der Waals surface area contributed by atoms with Crippen LogP contribution in [0.2, 0.25) is 0 Å². The molecule has 190 valence electrons. The van der Waals surface area contributed by atoms with Crippen molar-refractivity contribution < 1.29 is 37.4 Å². The molecule has 0 bridgehead atoms. The van der Waals surface area contributed by atoms with Crippen molar-refractivity contribution in [3.8, 4) is 0 Å². The number of carbonyl (C=O) groups is 3. The molecule has 1 aromatic heterocycles. The molecule has 2 aliphatic heterocycles. The first kappa shape index (κ1) is 25.7. The van der Waals surface area contributed by atoms with Crippen LogP contribution in [0.15, 0.2) is 0 Å². The van der Waals surface area contributed by atoms with E-state index in [4.69, 9.17) is 4.74 Å². The van der Waals surface area contributed by atoms with Crippen LogP contribution in [0.5, 0.6) is 0 Å². The number of rotatable bonds is 5. The lowest BCUT2D eigenvalue weighted by Crippen LogP contribution is -2.58. The molecule has 3 rings (SSSR count). The summed E-state index contributed by atoms with van der Waals surface area (Å²) in [5.74, 6) is -1.86. The maximum atomic E-state index is 13.2. The van der Waals surface area contributed by atoms with E-state index in [0.29, 0.717) is 0 Å². The van der Waals surface area contributed by atoms with Gasteiger partial charge < -0.3 is 24.2 Å². The van der Waals surface area contributed by atoms with Crippen LogP contribution >= 0.6 is 0 Å². The van der Waals surface area contributed by atoms with Gasteiger partial charge in [0.15, 0.2) is 5.82 Å². The number of fused-ring (bicyclic) bond motifs is 1. The van der Waals surface area contributed by atoms with E-state index >= 15 is 0 Å². The number of carbonyl (C=O) groups excluding carboxylic acids is 2. The number of alkyl halides is 3. The van der Waals surface area contributed by atoms with Gasteiger partial charge >= 0.3 is 12.3 Å². The number of hydrogen-bond donors (Lipinski definition) is 1. The molecule has 0 radical (unpaired) electrons. The Balaban J connectivity index is 1.80. The molecule has 1 aromatic rings. The third-order valence-corrected chi connectivity index (χ3v) is 5.82. The summed E-state index contributed by atoms with van der Waals surface area (Å²) < 4.78 is 45.5. The van der Waals surface area contributed by atoms with E-state index < -0.39 is 35.6 Å². The van der Waals surface area contributed by atoms with E-state index in [2.05, 4.69) is 10.2 Å². The summed E-state index contributed by atoms with van der Waals surface area (Å²) >= 11 is 0. The minimum absolute atomic E-state index is 0.00418. The van der Waals surface area contributed by atoms with Crippen LogP contribution in [0.25, 0.3) is 0 Å². The Hall–Kier alpha value is -2.90. The van der Waals surface area contributed by atoms with Gasteiger partial charge in [-0.25, -0.2) is 4.79 Å². The van der Waals surface area contributed by atoms with E-state index in [1.54, 1.807) is 27.7 Å². The molecule has 14 heteroatoms. The van der Waals surface area contributed by atoms with Crippen LogP contribution in [0.3, 0.4) is 0 Å². The second-order valence-corrected chi connectivity index (χ2v) is 9.51.